The molecule has 0 saturated carbocycles. The van der Waals surface area contributed by atoms with Gasteiger partial charge in [0.15, 0.2) is 5.78 Å². The first-order valence-corrected chi connectivity index (χ1v) is 6.50. The van der Waals surface area contributed by atoms with Crippen LogP contribution in [0.25, 0.3) is 0 Å². The maximum atomic E-state index is 12.5. The molecule has 5 heteroatoms. The van der Waals surface area contributed by atoms with Gasteiger partial charge in [0, 0.05) is 24.2 Å². The summed E-state index contributed by atoms with van der Waals surface area (Å²) in [6.07, 6.45) is 3.10. The number of carbonyl (C=O) groups excluding carboxylic acids is 1. The molecule has 2 atom stereocenters. The van der Waals surface area contributed by atoms with Crippen LogP contribution in [0.5, 0.6) is 0 Å². The van der Waals surface area contributed by atoms with E-state index < -0.39 is 0 Å². The fraction of sp³-hybridized carbons (Fsp3) is 0.500. The molecule has 2 saturated heterocycles. The average Bonchev–Trinajstić information content (AvgIpc) is 2.46. The van der Waals surface area contributed by atoms with Gasteiger partial charge in [0.25, 0.3) is 0 Å². The molecule has 0 aliphatic carbocycles. The highest BCUT2D eigenvalue weighted by Crippen LogP contribution is 2.26. The molecule has 3 rings (SSSR count). The number of nitriles is 1. The van der Waals surface area contributed by atoms with Gasteiger partial charge in [-0.25, -0.2) is 0 Å². The molecule has 2 fully saturated rings. The number of ketones is 1. The molecule has 0 amide bonds. The van der Waals surface area contributed by atoms with Crippen molar-refractivity contribution in [2.24, 2.45) is 5.92 Å². The Hall–Kier alpha value is -1.77. The Morgan fingerprint density at radius 3 is 2.84 bits per heavy atom. The van der Waals surface area contributed by atoms with E-state index in [0.717, 1.165) is 12.8 Å². The van der Waals surface area contributed by atoms with E-state index in [1.165, 1.54) is 6.20 Å². The SMILES string of the molecule is N#Cc1ccnc(C(=O)C2CC3COCC(C2)N3)c1. The van der Waals surface area contributed by atoms with Crippen molar-refractivity contribution in [2.75, 3.05) is 13.2 Å². The molecular formula is C14H15N3O2. The fourth-order valence-electron chi connectivity index (χ4n) is 2.90. The van der Waals surface area contributed by atoms with Crippen LogP contribution in [0.3, 0.4) is 0 Å². The van der Waals surface area contributed by atoms with E-state index in [2.05, 4.69) is 10.3 Å². The lowest BCUT2D eigenvalue weighted by Crippen LogP contribution is -2.55. The molecule has 3 heterocycles. The second-order valence-corrected chi connectivity index (χ2v) is 5.17. The summed E-state index contributed by atoms with van der Waals surface area (Å²) in [5.41, 5.74) is 0.890. The molecule has 98 valence electrons. The molecule has 19 heavy (non-hydrogen) atoms. The van der Waals surface area contributed by atoms with Crippen molar-refractivity contribution in [3.8, 4) is 6.07 Å². The third-order valence-electron chi connectivity index (χ3n) is 3.76. The maximum Gasteiger partial charge on any atom is 0.184 e. The number of hydrogen-bond acceptors (Lipinski definition) is 5. The van der Waals surface area contributed by atoms with Crippen molar-refractivity contribution in [3.05, 3.63) is 29.6 Å². The van der Waals surface area contributed by atoms with Crippen molar-refractivity contribution in [1.82, 2.24) is 10.3 Å². The van der Waals surface area contributed by atoms with Gasteiger partial charge in [0.1, 0.15) is 5.69 Å². The van der Waals surface area contributed by atoms with Gasteiger partial charge in [0.2, 0.25) is 0 Å². The average molecular weight is 257 g/mol. The number of aromatic nitrogens is 1. The molecule has 2 unspecified atom stereocenters. The Morgan fingerprint density at radius 2 is 2.16 bits per heavy atom. The lowest BCUT2D eigenvalue weighted by molar-refractivity contribution is 0.00943. The monoisotopic (exact) mass is 257 g/mol. The maximum absolute atomic E-state index is 12.5. The largest absolute Gasteiger partial charge is 0.378 e. The highest BCUT2D eigenvalue weighted by Gasteiger charge is 2.35. The van der Waals surface area contributed by atoms with Crippen LogP contribution in [0.1, 0.15) is 28.9 Å². The predicted octanol–water partition coefficient (Wildman–Crippen LogP) is 0.903. The number of piperidine rings is 1. The lowest BCUT2D eigenvalue weighted by atomic mass is 9.83. The Labute approximate surface area is 111 Å². The van der Waals surface area contributed by atoms with E-state index in [-0.39, 0.29) is 23.8 Å². The summed E-state index contributed by atoms with van der Waals surface area (Å²) in [4.78, 5) is 16.6. The number of ether oxygens (including phenoxy) is 1. The fourth-order valence-corrected chi connectivity index (χ4v) is 2.90. The van der Waals surface area contributed by atoms with Crippen LogP contribution in [-0.4, -0.2) is 36.1 Å². The van der Waals surface area contributed by atoms with E-state index in [0.29, 0.717) is 24.5 Å². The number of nitrogens with one attached hydrogen (secondary N) is 1. The third-order valence-corrected chi connectivity index (χ3v) is 3.76. The summed E-state index contributed by atoms with van der Waals surface area (Å²) in [6, 6.07) is 5.76. The van der Waals surface area contributed by atoms with Crippen LogP contribution >= 0.6 is 0 Å². The molecule has 0 aromatic carbocycles. The van der Waals surface area contributed by atoms with E-state index in [1.54, 1.807) is 12.1 Å². The molecule has 2 aliphatic heterocycles. The highest BCUT2D eigenvalue weighted by molar-refractivity contribution is 5.96. The van der Waals surface area contributed by atoms with Crippen LogP contribution in [0.2, 0.25) is 0 Å². The first-order chi connectivity index (χ1) is 9.26. The molecule has 2 aliphatic rings. The van der Waals surface area contributed by atoms with Gasteiger partial charge in [-0.1, -0.05) is 0 Å². The zero-order valence-electron chi connectivity index (χ0n) is 10.5. The smallest absolute Gasteiger partial charge is 0.184 e. The number of fused-ring (bicyclic) bond motifs is 2. The first kappa shape index (κ1) is 12.3. The Bertz CT molecular complexity index is 526. The van der Waals surface area contributed by atoms with E-state index in [1.807, 2.05) is 6.07 Å². The molecule has 0 radical (unpaired) electrons. The molecule has 0 spiro atoms. The number of morpholine rings is 1. The standard InChI is InChI=1S/C14H15N3O2/c15-6-9-1-2-16-13(3-9)14(18)10-4-11-7-19-8-12(5-10)17-11/h1-3,10-12,17H,4-5,7-8H2. The van der Waals surface area contributed by atoms with Gasteiger partial charge in [-0.2, -0.15) is 5.26 Å². The lowest BCUT2D eigenvalue weighted by Gasteiger charge is -2.39. The van der Waals surface area contributed by atoms with Gasteiger partial charge < -0.3 is 10.1 Å². The summed E-state index contributed by atoms with van der Waals surface area (Å²) in [5.74, 6) is 0.0390. The van der Waals surface area contributed by atoms with Gasteiger partial charge in [-0.05, 0) is 25.0 Å². The summed E-state index contributed by atoms with van der Waals surface area (Å²) in [7, 11) is 0. The van der Waals surface area contributed by atoms with Gasteiger partial charge in [0.05, 0.1) is 24.8 Å². The van der Waals surface area contributed by atoms with Gasteiger partial charge in [-0.15, -0.1) is 0 Å². The zero-order valence-corrected chi connectivity index (χ0v) is 10.5. The van der Waals surface area contributed by atoms with Crippen molar-refractivity contribution in [1.29, 1.82) is 5.26 Å². The van der Waals surface area contributed by atoms with Crippen LogP contribution in [0, 0.1) is 17.2 Å². The van der Waals surface area contributed by atoms with Crippen LogP contribution in [-0.2, 0) is 4.74 Å². The second-order valence-electron chi connectivity index (χ2n) is 5.17. The van der Waals surface area contributed by atoms with Crippen LogP contribution in [0.4, 0.5) is 0 Å². The summed E-state index contributed by atoms with van der Waals surface area (Å²) in [6.45, 7) is 1.35. The van der Waals surface area contributed by atoms with E-state index in [9.17, 15) is 4.79 Å². The number of pyridine rings is 1. The van der Waals surface area contributed by atoms with E-state index >= 15 is 0 Å². The number of nitrogens with zero attached hydrogens (tertiary/aromatic N) is 2. The minimum atomic E-state index is -0.0124. The van der Waals surface area contributed by atoms with Crippen molar-refractivity contribution >= 4 is 5.78 Å². The third kappa shape index (κ3) is 2.50. The first-order valence-electron chi connectivity index (χ1n) is 6.50. The number of Topliss-reactive ketones (excluding diaryl/α,β-unsaturated/α-hetero) is 1. The molecule has 1 aromatic rings. The van der Waals surface area contributed by atoms with Crippen molar-refractivity contribution in [2.45, 2.75) is 24.9 Å². The highest BCUT2D eigenvalue weighted by atomic mass is 16.5. The minimum absolute atomic E-state index is 0.0124. The second kappa shape index (κ2) is 5.08. The van der Waals surface area contributed by atoms with Crippen molar-refractivity contribution in [3.63, 3.8) is 0 Å². The summed E-state index contributed by atoms with van der Waals surface area (Å²) >= 11 is 0. The zero-order chi connectivity index (χ0) is 13.2. The molecule has 2 bridgehead atoms. The number of carbonyl (C=O) groups is 1. The van der Waals surface area contributed by atoms with Crippen molar-refractivity contribution < 1.29 is 9.53 Å². The predicted molar refractivity (Wildman–Crippen MR) is 67.5 cm³/mol. The van der Waals surface area contributed by atoms with E-state index in [4.69, 9.17) is 10.00 Å². The minimum Gasteiger partial charge on any atom is -0.378 e. The topological polar surface area (TPSA) is 75.0 Å². The Morgan fingerprint density at radius 1 is 1.42 bits per heavy atom. The number of hydrogen-bond donors (Lipinski definition) is 1. The Balaban J connectivity index is 1.78. The van der Waals surface area contributed by atoms with Gasteiger partial charge in [-0.3, -0.25) is 9.78 Å². The van der Waals surface area contributed by atoms with Crippen LogP contribution < -0.4 is 5.32 Å². The normalized spacial score (nSPS) is 29.5. The quantitative estimate of drug-likeness (QED) is 0.797. The molecule has 5 nitrogen and oxygen atoms in total. The molecule has 1 aromatic heterocycles. The van der Waals surface area contributed by atoms with Gasteiger partial charge >= 0.3 is 0 Å². The molecule has 1 N–H and O–H groups in total. The Kier molecular flexibility index (Phi) is 3.28. The molecular weight excluding hydrogens is 242 g/mol. The summed E-state index contributed by atoms with van der Waals surface area (Å²) in [5, 5.41) is 12.3. The number of rotatable bonds is 2. The summed E-state index contributed by atoms with van der Waals surface area (Å²) < 4.78 is 5.47. The van der Waals surface area contributed by atoms with Crippen LogP contribution in [0.15, 0.2) is 18.3 Å².